The fraction of sp³-hybridized carbons (Fsp3) is 0.381. The van der Waals surface area contributed by atoms with Crippen LogP contribution in [-0.4, -0.2) is 25.5 Å². The summed E-state index contributed by atoms with van der Waals surface area (Å²) in [5.74, 6) is -0.867. The Balaban J connectivity index is 2.19. The molecule has 0 amide bonds. The topological polar surface area (TPSA) is 67.2 Å². The number of benzene rings is 2. The van der Waals surface area contributed by atoms with Crippen LogP contribution in [0.1, 0.15) is 31.9 Å². The average molecular weight is 468 g/mol. The Hall–Kier alpha value is -1.75. The molecule has 7 heteroatoms. The Kier molecular flexibility index (Phi) is 7.02. The molecule has 0 saturated heterocycles. The van der Waals surface area contributed by atoms with Crippen LogP contribution in [0.25, 0.3) is 0 Å². The van der Waals surface area contributed by atoms with E-state index in [0.29, 0.717) is 4.47 Å². The van der Waals surface area contributed by atoms with Crippen LogP contribution in [0.15, 0.2) is 53.0 Å². The molecule has 2 rings (SSSR count). The van der Waals surface area contributed by atoms with Crippen molar-refractivity contribution < 1.29 is 17.5 Å². The average Bonchev–Trinajstić information content (AvgIpc) is 2.63. The van der Waals surface area contributed by atoms with Crippen molar-refractivity contribution in [2.24, 2.45) is 0 Å². The molecule has 0 aromatic heterocycles. The lowest BCUT2D eigenvalue weighted by Crippen LogP contribution is -2.44. The summed E-state index contributed by atoms with van der Waals surface area (Å²) in [5.41, 5.74) is 0.136. The molecule has 0 radical (unpaired) electrons. The van der Waals surface area contributed by atoms with Crippen molar-refractivity contribution in [2.45, 2.75) is 37.5 Å². The summed E-state index contributed by atoms with van der Waals surface area (Å²) in [6.07, 6.45) is 0. The number of ether oxygens (including phenoxy) is 1. The molecule has 2 aromatic rings. The van der Waals surface area contributed by atoms with E-state index in [4.69, 9.17) is 4.74 Å². The highest BCUT2D eigenvalue weighted by molar-refractivity contribution is 9.10. The summed E-state index contributed by atoms with van der Waals surface area (Å²) in [5, 5.41) is 9.59. The van der Waals surface area contributed by atoms with E-state index in [2.05, 4.69) is 15.9 Å². The molecule has 2 aromatic carbocycles. The van der Waals surface area contributed by atoms with Crippen molar-refractivity contribution in [3.63, 3.8) is 0 Å². The maximum absolute atomic E-state index is 14.3. The van der Waals surface area contributed by atoms with Crippen LogP contribution in [0.2, 0.25) is 0 Å². The summed E-state index contributed by atoms with van der Waals surface area (Å²) < 4.78 is 44.9. The summed E-state index contributed by atoms with van der Waals surface area (Å²) in [6.45, 7) is 4.59. The van der Waals surface area contributed by atoms with E-state index < -0.39 is 25.8 Å². The minimum Gasteiger partial charge on any atom is -0.374 e. The fourth-order valence-electron chi connectivity index (χ4n) is 2.86. The molecule has 0 heterocycles. The maximum Gasteiger partial charge on any atom is 0.178 e. The third kappa shape index (κ3) is 5.19. The molecule has 0 fully saturated rings. The molecule has 0 spiro atoms. The highest BCUT2D eigenvalue weighted by atomic mass is 79.9. The van der Waals surface area contributed by atoms with Crippen LogP contribution >= 0.6 is 15.9 Å². The highest BCUT2D eigenvalue weighted by Gasteiger charge is 2.44. The first-order chi connectivity index (χ1) is 13.0. The fourth-order valence-corrected chi connectivity index (χ4v) is 5.04. The Morgan fingerprint density at radius 3 is 2.39 bits per heavy atom. The van der Waals surface area contributed by atoms with Gasteiger partial charge in [-0.2, -0.15) is 5.26 Å². The minimum atomic E-state index is -3.93. The van der Waals surface area contributed by atoms with Gasteiger partial charge < -0.3 is 4.74 Å². The lowest BCUT2D eigenvalue weighted by atomic mass is 9.86. The predicted molar refractivity (Wildman–Crippen MR) is 111 cm³/mol. The molecule has 0 aliphatic carbocycles. The molecular formula is C21H23BrFNO3S. The van der Waals surface area contributed by atoms with Crippen molar-refractivity contribution in [1.82, 2.24) is 0 Å². The normalized spacial score (nSPS) is 14.3. The van der Waals surface area contributed by atoms with Gasteiger partial charge in [0.2, 0.25) is 0 Å². The predicted octanol–water partition coefficient (Wildman–Crippen LogP) is 4.78. The number of rotatable bonds is 8. The largest absolute Gasteiger partial charge is 0.374 e. The Bertz CT molecular complexity index is 971. The van der Waals surface area contributed by atoms with Crippen molar-refractivity contribution in [1.29, 1.82) is 5.26 Å². The standard InChI is InChI=1S/C21H23BrFNO3S/c1-20(2,18-11-17(22)9-10-19(18)23)15-28(25,26)21(3,13-24)14-27-12-16-7-5-4-6-8-16/h4-11H,12,14-15H2,1-3H3. The van der Waals surface area contributed by atoms with Crippen LogP contribution in [-0.2, 0) is 26.6 Å². The van der Waals surface area contributed by atoms with Gasteiger partial charge in [-0.15, -0.1) is 0 Å². The first-order valence-electron chi connectivity index (χ1n) is 8.71. The molecule has 0 saturated carbocycles. The second-order valence-electron chi connectivity index (χ2n) is 7.59. The molecule has 150 valence electrons. The summed E-state index contributed by atoms with van der Waals surface area (Å²) in [6, 6.07) is 15.6. The lowest BCUT2D eigenvalue weighted by molar-refractivity contribution is 0.111. The third-order valence-electron chi connectivity index (χ3n) is 4.62. The van der Waals surface area contributed by atoms with Gasteiger partial charge in [-0.1, -0.05) is 60.1 Å². The summed E-state index contributed by atoms with van der Waals surface area (Å²) in [7, 11) is -3.93. The van der Waals surface area contributed by atoms with Crippen molar-refractivity contribution >= 4 is 25.8 Å². The van der Waals surface area contributed by atoms with Crippen molar-refractivity contribution in [3.05, 3.63) is 69.9 Å². The van der Waals surface area contributed by atoms with Crippen LogP contribution in [0.4, 0.5) is 4.39 Å². The molecule has 0 N–H and O–H groups in total. The molecule has 0 aliphatic heterocycles. The van der Waals surface area contributed by atoms with Gasteiger partial charge in [-0.05, 0) is 36.2 Å². The molecule has 4 nitrogen and oxygen atoms in total. The quantitative estimate of drug-likeness (QED) is 0.559. The second kappa shape index (κ2) is 8.73. The van der Waals surface area contributed by atoms with E-state index in [9.17, 15) is 18.1 Å². The summed E-state index contributed by atoms with van der Waals surface area (Å²) in [4.78, 5) is 0. The van der Waals surface area contributed by atoms with Gasteiger partial charge in [0.1, 0.15) is 5.82 Å². The Morgan fingerprint density at radius 2 is 1.79 bits per heavy atom. The highest BCUT2D eigenvalue weighted by Crippen LogP contribution is 2.33. The van der Waals surface area contributed by atoms with E-state index >= 15 is 0 Å². The maximum atomic E-state index is 14.3. The molecule has 28 heavy (non-hydrogen) atoms. The lowest BCUT2D eigenvalue weighted by Gasteiger charge is -2.30. The third-order valence-corrected chi connectivity index (χ3v) is 7.80. The zero-order chi connectivity index (χ0) is 21.0. The van der Waals surface area contributed by atoms with Gasteiger partial charge in [0.25, 0.3) is 0 Å². The van der Waals surface area contributed by atoms with Gasteiger partial charge in [-0.3, -0.25) is 0 Å². The van der Waals surface area contributed by atoms with Crippen LogP contribution in [0, 0.1) is 17.1 Å². The van der Waals surface area contributed by atoms with Crippen molar-refractivity contribution in [3.8, 4) is 6.07 Å². The van der Waals surface area contributed by atoms with E-state index in [0.717, 1.165) is 5.56 Å². The van der Waals surface area contributed by atoms with Gasteiger partial charge in [-0.25, -0.2) is 12.8 Å². The number of nitriles is 1. The van der Waals surface area contributed by atoms with Gasteiger partial charge in [0.15, 0.2) is 14.6 Å². The number of halogens is 2. The molecule has 0 aliphatic rings. The Labute approximate surface area is 174 Å². The van der Waals surface area contributed by atoms with Crippen LogP contribution < -0.4 is 0 Å². The molecule has 0 bridgehead atoms. The monoisotopic (exact) mass is 467 g/mol. The van der Waals surface area contributed by atoms with Gasteiger partial charge in [0, 0.05) is 9.89 Å². The number of nitrogens with zero attached hydrogens (tertiary/aromatic N) is 1. The first kappa shape index (κ1) is 22.5. The first-order valence-corrected chi connectivity index (χ1v) is 11.2. The zero-order valence-corrected chi connectivity index (χ0v) is 18.5. The van der Waals surface area contributed by atoms with E-state index in [1.165, 1.54) is 13.0 Å². The Morgan fingerprint density at radius 1 is 1.14 bits per heavy atom. The second-order valence-corrected chi connectivity index (χ2v) is 10.9. The number of sulfone groups is 1. The van der Waals surface area contributed by atoms with Crippen molar-refractivity contribution in [2.75, 3.05) is 12.4 Å². The molecule has 1 unspecified atom stereocenters. The number of hydrogen-bond donors (Lipinski definition) is 0. The molecule has 1 atom stereocenters. The van der Waals surface area contributed by atoms with E-state index in [-0.39, 0.29) is 24.5 Å². The SMILES string of the molecule is CC(C)(CS(=O)(=O)C(C)(C#N)COCc1ccccc1)c1cc(Br)ccc1F. The number of hydrogen-bond acceptors (Lipinski definition) is 4. The van der Waals surface area contributed by atoms with Crippen LogP contribution in [0.5, 0.6) is 0 Å². The van der Waals surface area contributed by atoms with Crippen LogP contribution in [0.3, 0.4) is 0 Å². The molecular weight excluding hydrogens is 445 g/mol. The minimum absolute atomic E-state index is 0.206. The van der Waals surface area contributed by atoms with Gasteiger partial charge >= 0.3 is 0 Å². The van der Waals surface area contributed by atoms with Gasteiger partial charge in [0.05, 0.1) is 25.0 Å². The van der Waals surface area contributed by atoms with E-state index in [1.54, 1.807) is 26.0 Å². The summed E-state index contributed by atoms with van der Waals surface area (Å²) >= 11 is 3.29. The smallest absolute Gasteiger partial charge is 0.178 e. The zero-order valence-electron chi connectivity index (χ0n) is 16.1. The van der Waals surface area contributed by atoms with E-state index in [1.807, 2.05) is 36.4 Å².